The van der Waals surface area contributed by atoms with Gasteiger partial charge in [0.15, 0.2) is 5.82 Å². The number of aromatic amines is 1. The van der Waals surface area contributed by atoms with Crippen molar-refractivity contribution in [2.45, 2.75) is 12.8 Å². The zero-order chi connectivity index (χ0) is 19.7. The molecule has 0 unspecified atom stereocenters. The molecule has 0 atom stereocenters. The number of nitrogens with one attached hydrogen (secondary N) is 2. The maximum Gasteiger partial charge on any atom is 0.235 e. The lowest BCUT2D eigenvalue weighted by atomic mass is 10.1. The monoisotopic (exact) mass is 400 g/mol. The Labute approximate surface area is 162 Å². The van der Waals surface area contributed by atoms with Gasteiger partial charge >= 0.3 is 0 Å². The molecule has 1 amide bonds. The van der Waals surface area contributed by atoms with E-state index in [1.807, 2.05) is 12.1 Å². The van der Waals surface area contributed by atoms with Gasteiger partial charge in [0.2, 0.25) is 15.9 Å². The maximum absolute atomic E-state index is 12.4. The fourth-order valence-corrected chi connectivity index (χ4v) is 4.84. The van der Waals surface area contributed by atoms with E-state index in [2.05, 4.69) is 15.5 Å². The third kappa shape index (κ3) is 3.53. The van der Waals surface area contributed by atoms with Gasteiger partial charge in [-0.15, -0.1) is 0 Å². The summed E-state index contributed by atoms with van der Waals surface area (Å²) in [7, 11) is -1.68. The van der Waals surface area contributed by atoms with Gasteiger partial charge in [-0.05, 0) is 42.3 Å². The quantitative estimate of drug-likeness (QED) is 0.684. The Morgan fingerprint density at radius 1 is 1.25 bits per heavy atom. The van der Waals surface area contributed by atoms with Crippen molar-refractivity contribution in [3.63, 3.8) is 0 Å². The molecular formula is C19H20N4O4S. The Bertz CT molecular complexity index is 1120. The molecule has 8 nitrogen and oxygen atoms in total. The number of amides is 1. The lowest BCUT2D eigenvalue weighted by Crippen LogP contribution is -2.24. The van der Waals surface area contributed by atoms with E-state index in [-0.39, 0.29) is 18.1 Å². The predicted molar refractivity (Wildman–Crippen MR) is 107 cm³/mol. The SMILES string of the molecule is COc1ccc(CC(=O)Nc2n[nH]c3ccc(N4CCCS4(=O)=O)cc23)cc1. The van der Waals surface area contributed by atoms with E-state index in [9.17, 15) is 13.2 Å². The molecule has 28 heavy (non-hydrogen) atoms. The van der Waals surface area contributed by atoms with E-state index >= 15 is 0 Å². The minimum Gasteiger partial charge on any atom is -0.497 e. The van der Waals surface area contributed by atoms with Gasteiger partial charge in [0.05, 0.1) is 30.5 Å². The summed E-state index contributed by atoms with van der Waals surface area (Å²) in [5.41, 5.74) is 2.15. The van der Waals surface area contributed by atoms with Crippen LogP contribution in [-0.4, -0.2) is 43.9 Å². The second-order valence-corrected chi connectivity index (χ2v) is 8.63. The van der Waals surface area contributed by atoms with Gasteiger partial charge in [0.1, 0.15) is 5.75 Å². The lowest BCUT2D eigenvalue weighted by Gasteiger charge is -2.16. The number of anilines is 2. The van der Waals surface area contributed by atoms with E-state index in [1.165, 1.54) is 4.31 Å². The molecule has 0 radical (unpaired) electrons. The van der Waals surface area contributed by atoms with Crippen LogP contribution in [0.4, 0.5) is 11.5 Å². The Kier molecular flexibility index (Phi) is 4.68. The van der Waals surface area contributed by atoms with Gasteiger partial charge in [0.25, 0.3) is 0 Å². The zero-order valence-electron chi connectivity index (χ0n) is 15.3. The molecule has 1 aliphatic heterocycles. The highest BCUT2D eigenvalue weighted by molar-refractivity contribution is 7.93. The van der Waals surface area contributed by atoms with Crippen molar-refractivity contribution in [3.8, 4) is 5.75 Å². The number of hydrogen-bond acceptors (Lipinski definition) is 5. The number of rotatable bonds is 5. The second-order valence-electron chi connectivity index (χ2n) is 6.62. The highest BCUT2D eigenvalue weighted by Crippen LogP contribution is 2.30. The fraction of sp³-hybridized carbons (Fsp3) is 0.263. The molecule has 146 valence electrons. The van der Waals surface area contributed by atoms with E-state index in [1.54, 1.807) is 37.4 Å². The normalized spacial score (nSPS) is 15.7. The van der Waals surface area contributed by atoms with Gasteiger partial charge in [-0.3, -0.25) is 14.2 Å². The van der Waals surface area contributed by atoms with Crippen LogP contribution in [0.3, 0.4) is 0 Å². The largest absolute Gasteiger partial charge is 0.497 e. The van der Waals surface area contributed by atoms with E-state index < -0.39 is 10.0 Å². The van der Waals surface area contributed by atoms with Crippen LogP contribution in [0.2, 0.25) is 0 Å². The van der Waals surface area contributed by atoms with Gasteiger partial charge < -0.3 is 10.1 Å². The molecule has 2 N–H and O–H groups in total. The number of nitrogens with zero attached hydrogens (tertiary/aromatic N) is 2. The summed E-state index contributed by atoms with van der Waals surface area (Å²) in [6.07, 6.45) is 0.801. The number of aromatic nitrogens is 2. The Hall–Kier alpha value is -3.07. The highest BCUT2D eigenvalue weighted by atomic mass is 32.2. The topological polar surface area (TPSA) is 104 Å². The standard InChI is InChI=1S/C19H20N4O4S/c1-27-15-6-3-13(4-7-15)11-18(24)20-19-16-12-14(5-8-17(16)21-22-19)23-9-2-10-28(23,25)26/h3-8,12H,2,9-11H2,1H3,(H2,20,21,22,24). The molecule has 1 aromatic heterocycles. The Morgan fingerprint density at radius 3 is 2.71 bits per heavy atom. The first-order chi connectivity index (χ1) is 13.5. The highest BCUT2D eigenvalue weighted by Gasteiger charge is 2.28. The van der Waals surface area contributed by atoms with Gasteiger partial charge in [-0.2, -0.15) is 5.10 Å². The second kappa shape index (κ2) is 7.16. The number of methoxy groups -OCH3 is 1. The van der Waals surface area contributed by atoms with Crippen LogP contribution in [0, 0.1) is 0 Å². The summed E-state index contributed by atoms with van der Waals surface area (Å²) in [6, 6.07) is 12.5. The smallest absolute Gasteiger partial charge is 0.235 e. The van der Waals surface area contributed by atoms with Crippen molar-refractivity contribution in [2.75, 3.05) is 29.0 Å². The van der Waals surface area contributed by atoms with Crippen molar-refractivity contribution >= 4 is 38.3 Å². The molecule has 1 saturated heterocycles. The summed E-state index contributed by atoms with van der Waals surface area (Å²) in [5.74, 6) is 1.05. The Morgan fingerprint density at radius 2 is 2.04 bits per heavy atom. The minimum atomic E-state index is -3.27. The number of H-pyrrole nitrogens is 1. The molecule has 4 rings (SSSR count). The average molecular weight is 400 g/mol. The molecule has 1 aliphatic rings. The first kappa shape index (κ1) is 18.3. The number of fused-ring (bicyclic) bond motifs is 1. The molecule has 2 heterocycles. The van der Waals surface area contributed by atoms with E-state index in [0.29, 0.717) is 29.9 Å². The average Bonchev–Trinajstić information content (AvgIpc) is 3.24. The first-order valence-electron chi connectivity index (χ1n) is 8.87. The molecule has 2 aromatic carbocycles. The van der Waals surface area contributed by atoms with E-state index in [0.717, 1.165) is 16.8 Å². The number of sulfonamides is 1. The minimum absolute atomic E-state index is 0.155. The predicted octanol–water partition coefficient (Wildman–Crippen LogP) is 2.29. The van der Waals surface area contributed by atoms with Crippen molar-refractivity contribution < 1.29 is 17.9 Å². The number of benzene rings is 2. The summed E-state index contributed by atoms with van der Waals surface area (Å²) >= 11 is 0. The number of carbonyl (C=O) groups is 1. The number of ether oxygens (including phenoxy) is 1. The van der Waals surface area contributed by atoms with Crippen LogP contribution < -0.4 is 14.4 Å². The van der Waals surface area contributed by atoms with Crippen LogP contribution in [0.15, 0.2) is 42.5 Å². The van der Waals surface area contributed by atoms with Crippen molar-refractivity contribution in [2.24, 2.45) is 0 Å². The molecule has 0 aliphatic carbocycles. The van der Waals surface area contributed by atoms with Crippen molar-refractivity contribution in [1.82, 2.24) is 10.2 Å². The van der Waals surface area contributed by atoms with Crippen LogP contribution in [0.25, 0.3) is 10.9 Å². The summed E-state index contributed by atoms with van der Waals surface area (Å²) in [5, 5.41) is 10.5. The summed E-state index contributed by atoms with van der Waals surface area (Å²) in [4.78, 5) is 12.4. The van der Waals surface area contributed by atoms with Crippen molar-refractivity contribution in [3.05, 3.63) is 48.0 Å². The molecule has 0 saturated carbocycles. The molecular weight excluding hydrogens is 380 g/mol. The van der Waals surface area contributed by atoms with Crippen molar-refractivity contribution in [1.29, 1.82) is 0 Å². The Balaban J connectivity index is 1.55. The van der Waals surface area contributed by atoms with Crippen LogP contribution in [-0.2, 0) is 21.2 Å². The molecule has 3 aromatic rings. The van der Waals surface area contributed by atoms with Gasteiger partial charge in [-0.1, -0.05) is 12.1 Å². The third-order valence-electron chi connectivity index (χ3n) is 4.72. The maximum atomic E-state index is 12.4. The number of hydrogen-bond donors (Lipinski definition) is 2. The fourth-order valence-electron chi connectivity index (χ4n) is 3.29. The summed E-state index contributed by atoms with van der Waals surface area (Å²) < 4.78 is 30.9. The lowest BCUT2D eigenvalue weighted by molar-refractivity contribution is -0.115. The van der Waals surface area contributed by atoms with Gasteiger partial charge in [-0.25, -0.2) is 8.42 Å². The van der Waals surface area contributed by atoms with Gasteiger partial charge in [0, 0.05) is 11.9 Å². The van der Waals surface area contributed by atoms with E-state index in [4.69, 9.17) is 4.74 Å². The zero-order valence-corrected chi connectivity index (χ0v) is 16.1. The molecule has 0 bridgehead atoms. The molecule has 0 spiro atoms. The third-order valence-corrected chi connectivity index (χ3v) is 6.58. The summed E-state index contributed by atoms with van der Waals surface area (Å²) in [6.45, 7) is 0.463. The molecule has 9 heteroatoms. The number of carbonyl (C=O) groups excluding carboxylic acids is 1. The molecule has 1 fully saturated rings. The van der Waals surface area contributed by atoms with Crippen LogP contribution in [0.1, 0.15) is 12.0 Å². The van der Waals surface area contributed by atoms with Crippen LogP contribution in [0.5, 0.6) is 5.75 Å². The van der Waals surface area contributed by atoms with Crippen LogP contribution >= 0.6 is 0 Å². The first-order valence-corrected chi connectivity index (χ1v) is 10.5.